The lowest BCUT2D eigenvalue weighted by atomic mass is 10.1. The number of unbranched alkanes of at least 4 members (excludes halogenated alkanes) is 3. The van der Waals surface area contributed by atoms with Crippen LogP contribution in [0, 0.1) is 0 Å². The van der Waals surface area contributed by atoms with E-state index in [2.05, 4.69) is 6.58 Å². The molecular formula is C12H14Cl2OS. The van der Waals surface area contributed by atoms with Crippen molar-refractivity contribution in [1.29, 1.82) is 0 Å². The van der Waals surface area contributed by atoms with Gasteiger partial charge in [-0.3, -0.25) is 4.79 Å². The third-order valence-electron chi connectivity index (χ3n) is 2.27. The summed E-state index contributed by atoms with van der Waals surface area (Å²) in [6.07, 6.45) is 6.50. The number of ketones is 1. The van der Waals surface area contributed by atoms with Gasteiger partial charge in [0.2, 0.25) is 0 Å². The molecule has 0 amide bonds. The Kier molecular flexibility index (Phi) is 6.10. The topological polar surface area (TPSA) is 17.1 Å². The molecule has 16 heavy (non-hydrogen) atoms. The Labute approximate surface area is 110 Å². The van der Waals surface area contributed by atoms with Crippen LogP contribution in [0.15, 0.2) is 18.7 Å². The van der Waals surface area contributed by atoms with Gasteiger partial charge in [0.1, 0.15) is 4.34 Å². The molecule has 1 nitrogen and oxygen atoms in total. The van der Waals surface area contributed by atoms with Crippen LogP contribution < -0.4 is 0 Å². The smallest absolute Gasteiger partial charge is 0.165 e. The molecule has 0 saturated carbocycles. The molecule has 0 spiro atoms. The quantitative estimate of drug-likeness (QED) is 0.372. The standard InChI is InChI=1S/C12H14Cl2OS/c1-2-3-4-5-6-7-10(15)9-8-11(13)16-12(9)14/h2,8H,1,3-7H2. The van der Waals surface area contributed by atoms with E-state index in [0.717, 1.165) is 25.7 Å². The van der Waals surface area contributed by atoms with Crippen molar-refractivity contribution in [2.45, 2.75) is 32.1 Å². The summed E-state index contributed by atoms with van der Waals surface area (Å²) in [7, 11) is 0. The van der Waals surface area contributed by atoms with Crippen molar-refractivity contribution >= 4 is 40.3 Å². The molecule has 1 aromatic heterocycles. The second kappa shape index (κ2) is 7.10. The van der Waals surface area contributed by atoms with Crippen molar-refractivity contribution in [3.63, 3.8) is 0 Å². The maximum absolute atomic E-state index is 11.8. The number of allylic oxidation sites excluding steroid dienone is 1. The average molecular weight is 277 g/mol. The molecule has 1 heterocycles. The molecule has 0 radical (unpaired) electrons. The predicted molar refractivity (Wildman–Crippen MR) is 72.0 cm³/mol. The molecule has 0 unspecified atom stereocenters. The van der Waals surface area contributed by atoms with Gasteiger partial charge in [0.05, 0.1) is 4.34 Å². The minimum Gasteiger partial charge on any atom is -0.294 e. The third-order valence-corrected chi connectivity index (χ3v) is 3.76. The number of carbonyl (C=O) groups excluding carboxylic acids is 1. The first-order chi connectivity index (χ1) is 7.65. The van der Waals surface area contributed by atoms with Crippen LogP contribution in [-0.2, 0) is 0 Å². The minimum absolute atomic E-state index is 0.0896. The van der Waals surface area contributed by atoms with Crippen LogP contribution in [0.2, 0.25) is 8.67 Å². The van der Waals surface area contributed by atoms with Gasteiger partial charge in [0.15, 0.2) is 5.78 Å². The van der Waals surface area contributed by atoms with Crippen molar-refractivity contribution in [2.75, 3.05) is 0 Å². The molecule has 0 fully saturated rings. The van der Waals surface area contributed by atoms with Crippen molar-refractivity contribution in [3.8, 4) is 0 Å². The fourth-order valence-electron chi connectivity index (χ4n) is 1.42. The van der Waals surface area contributed by atoms with E-state index in [1.165, 1.54) is 11.3 Å². The van der Waals surface area contributed by atoms with Gasteiger partial charge < -0.3 is 0 Å². The molecule has 0 saturated heterocycles. The SMILES string of the molecule is C=CCCCCCC(=O)c1cc(Cl)sc1Cl. The Morgan fingerprint density at radius 2 is 2.12 bits per heavy atom. The number of Topliss-reactive ketones (excluding diaryl/α,β-unsaturated/α-hetero) is 1. The van der Waals surface area contributed by atoms with E-state index in [1.54, 1.807) is 6.07 Å². The lowest BCUT2D eigenvalue weighted by Crippen LogP contribution is -1.97. The van der Waals surface area contributed by atoms with E-state index >= 15 is 0 Å². The van der Waals surface area contributed by atoms with Crippen molar-refractivity contribution in [2.24, 2.45) is 0 Å². The number of thiophene rings is 1. The summed E-state index contributed by atoms with van der Waals surface area (Å²) >= 11 is 12.9. The van der Waals surface area contributed by atoms with E-state index in [-0.39, 0.29) is 5.78 Å². The number of hydrogen-bond donors (Lipinski definition) is 0. The van der Waals surface area contributed by atoms with E-state index in [4.69, 9.17) is 23.2 Å². The molecular weight excluding hydrogens is 263 g/mol. The fourth-order valence-corrected chi connectivity index (χ4v) is 2.92. The third kappa shape index (κ3) is 4.28. The van der Waals surface area contributed by atoms with Crippen LogP contribution >= 0.6 is 34.5 Å². The molecule has 88 valence electrons. The number of hydrogen-bond acceptors (Lipinski definition) is 2. The van der Waals surface area contributed by atoms with E-state index < -0.39 is 0 Å². The maximum Gasteiger partial charge on any atom is 0.165 e. The highest BCUT2D eigenvalue weighted by Gasteiger charge is 2.13. The van der Waals surface area contributed by atoms with Gasteiger partial charge in [-0.15, -0.1) is 17.9 Å². The molecule has 1 rings (SSSR count). The van der Waals surface area contributed by atoms with Gasteiger partial charge in [-0.05, 0) is 25.3 Å². The van der Waals surface area contributed by atoms with Crippen LogP contribution in [-0.4, -0.2) is 5.78 Å². The van der Waals surface area contributed by atoms with Crippen LogP contribution in [0.1, 0.15) is 42.5 Å². The first-order valence-electron chi connectivity index (χ1n) is 5.24. The first kappa shape index (κ1) is 13.8. The van der Waals surface area contributed by atoms with Gasteiger partial charge >= 0.3 is 0 Å². The zero-order chi connectivity index (χ0) is 12.0. The van der Waals surface area contributed by atoms with Gasteiger partial charge in [0, 0.05) is 12.0 Å². The molecule has 4 heteroatoms. The first-order valence-corrected chi connectivity index (χ1v) is 6.81. The summed E-state index contributed by atoms with van der Waals surface area (Å²) < 4.78 is 1.07. The normalized spacial score (nSPS) is 10.4. The molecule has 0 atom stereocenters. The fraction of sp³-hybridized carbons (Fsp3) is 0.417. The molecule has 0 aromatic carbocycles. The van der Waals surface area contributed by atoms with Crippen molar-refractivity contribution in [1.82, 2.24) is 0 Å². The summed E-state index contributed by atoms with van der Waals surface area (Å²) in [5.41, 5.74) is 0.570. The van der Waals surface area contributed by atoms with Gasteiger partial charge in [-0.25, -0.2) is 0 Å². The van der Waals surface area contributed by atoms with Gasteiger partial charge in [-0.1, -0.05) is 35.7 Å². The second-order valence-corrected chi connectivity index (χ2v) is 5.83. The zero-order valence-corrected chi connectivity index (χ0v) is 11.3. The lowest BCUT2D eigenvalue weighted by Gasteiger charge is -1.99. The van der Waals surface area contributed by atoms with Crippen LogP contribution in [0.4, 0.5) is 0 Å². The predicted octanol–water partition coefficient (Wildman–Crippen LogP) is 5.37. The molecule has 1 aromatic rings. The Balaban J connectivity index is 2.35. The highest BCUT2D eigenvalue weighted by Crippen LogP contribution is 2.32. The zero-order valence-electron chi connectivity index (χ0n) is 8.97. The highest BCUT2D eigenvalue weighted by atomic mass is 35.5. The monoisotopic (exact) mass is 276 g/mol. The molecule has 0 bridgehead atoms. The summed E-state index contributed by atoms with van der Waals surface area (Å²) in [5.74, 6) is 0.0896. The number of halogens is 2. The Morgan fingerprint density at radius 1 is 1.38 bits per heavy atom. The van der Waals surface area contributed by atoms with Crippen LogP contribution in [0.5, 0.6) is 0 Å². The van der Waals surface area contributed by atoms with Gasteiger partial charge in [-0.2, -0.15) is 0 Å². The van der Waals surface area contributed by atoms with E-state index in [0.29, 0.717) is 20.7 Å². The average Bonchev–Trinajstić information content (AvgIpc) is 2.57. The molecule has 0 aliphatic carbocycles. The molecule has 0 aliphatic rings. The molecule has 0 N–H and O–H groups in total. The van der Waals surface area contributed by atoms with E-state index in [1.807, 2.05) is 6.08 Å². The van der Waals surface area contributed by atoms with Crippen LogP contribution in [0.25, 0.3) is 0 Å². The summed E-state index contributed by atoms with van der Waals surface area (Å²) in [6.45, 7) is 3.66. The highest BCUT2D eigenvalue weighted by molar-refractivity contribution is 7.20. The van der Waals surface area contributed by atoms with Crippen molar-refractivity contribution in [3.05, 3.63) is 33.0 Å². The number of rotatable bonds is 7. The summed E-state index contributed by atoms with van der Waals surface area (Å²) in [5, 5.41) is 0. The lowest BCUT2D eigenvalue weighted by molar-refractivity contribution is 0.0980. The summed E-state index contributed by atoms with van der Waals surface area (Å²) in [4.78, 5) is 11.8. The van der Waals surface area contributed by atoms with Gasteiger partial charge in [0.25, 0.3) is 0 Å². The largest absolute Gasteiger partial charge is 0.294 e. The number of carbonyl (C=O) groups is 1. The maximum atomic E-state index is 11.8. The Hall–Kier alpha value is -0.310. The summed E-state index contributed by atoms with van der Waals surface area (Å²) in [6, 6.07) is 1.65. The molecule has 0 aliphatic heterocycles. The second-order valence-electron chi connectivity index (χ2n) is 3.55. The van der Waals surface area contributed by atoms with E-state index in [9.17, 15) is 4.79 Å². The minimum atomic E-state index is 0.0896. The van der Waals surface area contributed by atoms with Crippen molar-refractivity contribution < 1.29 is 4.79 Å². The Bertz CT molecular complexity index is 371. The van der Waals surface area contributed by atoms with Crippen LogP contribution in [0.3, 0.4) is 0 Å². The Morgan fingerprint density at radius 3 is 2.69 bits per heavy atom.